The van der Waals surface area contributed by atoms with Gasteiger partial charge >= 0.3 is 6.03 Å². The first-order chi connectivity index (χ1) is 5.57. The van der Waals surface area contributed by atoms with Gasteiger partial charge in [-0.25, -0.2) is 4.79 Å². The third-order valence-electron chi connectivity index (χ3n) is 1.10. The molecule has 0 heterocycles. The quantitative estimate of drug-likeness (QED) is 0.739. The molecule has 5 heteroatoms. The first kappa shape index (κ1) is 11.8. The lowest BCUT2D eigenvalue weighted by atomic mass is 10.5. The van der Waals surface area contributed by atoms with Crippen molar-refractivity contribution in [2.45, 2.75) is 13.3 Å². The minimum absolute atomic E-state index is 0.194. The number of urea groups is 1. The molecule has 0 radical (unpaired) electrons. The van der Waals surface area contributed by atoms with E-state index in [-0.39, 0.29) is 6.03 Å². The molecule has 0 unspecified atom stereocenters. The Balaban J connectivity index is 3.64. The van der Waals surface area contributed by atoms with Crippen molar-refractivity contribution >= 4 is 34.8 Å². The summed E-state index contributed by atoms with van der Waals surface area (Å²) >= 11 is 7.12. The van der Waals surface area contributed by atoms with Crippen LogP contribution in [0.4, 0.5) is 4.79 Å². The zero-order chi connectivity index (χ0) is 9.56. The molecule has 0 spiro atoms. The van der Waals surface area contributed by atoms with Gasteiger partial charge in [-0.1, -0.05) is 42.2 Å². The largest absolute Gasteiger partial charge is 0.333 e. The highest BCUT2D eigenvalue weighted by atomic mass is 79.9. The van der Waals surface area contributed by atoms with Crippen LogP contribution < -0.4 is 5.32 Å². The summed E-state index contributed by atoms with van der Waals surface area (Å²) < 4.78 is 2.09. The molecule has 70 valence electrons. The summed E-state index contributed by atoms with van der Waals surface area (Å²) in [6, 6.07) is -0.194. The predicted molar refractivity (Wildman–Crippen MR) is 57.4 cm³/mol. The van der Waals surface area contributed by atoms with Crippen LogP contribution in [0.1, 0.15) is 13.3 Å². The number of thiol groups is 1. The minimum atomic E-state index is -0.194. The molecule has 2 amide bonds. The summed E-state index contributed by atoms with van der Waals surface area (Å²) in [6.45, 7) is 6.65. The average Bonchev–Trinajstić information content (AvgIpc) is 2.00. The number of nitrogens with one attached hydrogen (secondary N) is 1. The number of rotatable bonds is 4. The third kappa shape index (κ3) is 5.49. The molecule has 3 nitrogen and oxygen atoms in total. The molecule has 0 fully saturated rings. The highest BCUT2D eigenvalue weighted by Gasteiger charge is 2.06. The Kier molecular flexibility index (Phi) is 6.28. The van der Waals surface area contributed by atoms with Crippen LogP contribution in [0.5, 0.6) is 0 Å². The normalized spacial score (nSPS) is 9.25. The van der Waals surface area contributed by atoms with Crippen LogP contribution in [-0.2, 0) is 0 Å². The van der Waals surface area contributed by atoms with Crippen molar-refractivity contribution in [1.29, 1.82) is 0 Å². The molecule has 0 aromatic rings. The number of carbonyl (C=O) groups excluding carboxylic acids is 1. The van der Waals surface area contributed by atoms with E-state index in [2.05, 4.69) is 40.6 Å². The molecule has 0 saturated carbocycles. The molecular weight excluding hydrogens is 240 g/mol. The van der Waals surface area contributed by atoms with Gasteiger partial charge in [0.1, 0.15) is 0 Å². The van der Waals surface area contributed by atoms with E-state index in [1.165, 1.54) is 4.31 Å². The topological polar surface area (TPSA) is 32.3 Å². The van der Waals surface area contributed by atoms with Crippen molar-refractivity contribution in [3.63, 3.8) is 0 Å². The number of hydrogen-bond donors (Lipinski definition) is 2. The smallest absolute Gasteiger partial charge is 0.327 e. The summed E-state index contributed by atoms with van der Waals surface area (Å²) in [7, 11) is 0. The van der Waals surface area contributed by atoms with Crippen LogP contribution in [0.15, 0.2) is 11.1 Å². The van der Waals surface area contributed by atoms with Crippen molar-refractivity contribution in [2.24, 2.45) is 0 Å². The zero-order valence-corrected chi connectivity index (χ0v) is 9.49. The Bertz CT molecular complexity index is 175. The SMILES string of the molecule is C=C(Br)CNC(=O)N(S)CCC. The number of amides is 2. The fraction of sp³-hybridized carbons (Fsp3) is 0.571. The second-order valence-electron chi connectivity index (χ2n) is 2.30. The maximum absolute atomic E-state index is 11.1. The van der Waals surface area contributed by atoms with E-state index in [1.807, 2.05) is 6.92 Å². The van der Waals surface area contributed by atoms with Gasteiger partial charge in [-0.15, -0.1) is 0 Å². The molecular formula is C7H13BrN2OS. The van der Waals surface area contributed by atoms with Crippen LogP contribution in [0.25, 0.3) is 0 Å². The Morgan fingerprint density at radius 2 is 2.33 bits per heavy atom. The van der Waals surface area contributed by atoms with Gasteiger partial charge in [-0.2, -0.15) is 0 Å². The van der Waals surface area contributed by atoms with Crippen molar-refractivity contribution < 1.29 is 4.79 Å². The lowest BCUT2D eigenvalue weighted by Crippen LogP contribution is -2.34. The fourth-order valence-electron chi connectivity index (χ4n) is 0.576. The molecule has 0 aliphatic rings. The Hall–Kier alpha value is -0.160. The van der Waals surface area contributed by atoms with Crippen molar-refractivity contribution in [3.05, 3.63) is 11.1 Å². The number of nitrogens with zero attached hydrogens (tertiary/aromatic N) is 1. The summed E-state index contributed by atoms with van der Waals surface area (Å²) in [5, 5.41) is 2.63. The Morgan fingerprint density at radius 3 is 2.75 bits per heavy atom. The predicted octanol–water partition coefficient (Wildman–Crippen LogP) is 2.16. The number of halogens is 1. The van der Waals surface area contributed by atoms with Crippen LogP contribution in [0, 0.1) is 0 Å². The molecule has 0 rings (SSSR count). The summed E-state index contributed by atoms with van der Waals surface area (Å²) in [4.78, 5) is 11.1. The summed E-state index contributed by atoms with van der Waals surface area (Å²) in [6.07, 6.45) is 0.895. The average molecular weight is 253 g/mol. The standard InChI is InChI=1S/C7H13BrN2OS/c1-3-4-10(12)7(11)9-5-6(2)8/h12H,2-5H2,1H3,(H,9,11). The van der Waals surface area contributed by atoms with E-state index >= 15 is 0 Å². The fourth-order valence-corrected chi connectivity index (χ4v) is 0.987. The van der Waals surface area contributed by atoms with Crippen molar-refractivity contribution in [1.82, 2.24) is 9.62 Å². The van der Waals surface area contributed by atoms with Gasteiger partial charge in [-0.05, 0) is 6.42 Å². The molecule has 0 bridgehead atoms. The number of hydrogen-bond acceptors (Lipinski definition) is 2. The van der Waals surface area contributed by atoms with Crippen LogP contribution in [0.2, 0.25) is 0 Å². The van der Waals surface area contributed by atoms with Crippen LogP contribution in [-0.4, -0.2) is 23.4 Å². The molecule has 0 saturated heterocycles. The third-order valence-corrected chi connectivity index (χ3v) is 1.76. The van der Waals surface area contributed by atoms with Crippen molar-refractivity contribution in [2.75, 3.05) is 13.1 Å². The van der Waals surface area contributed by atoms with E-state index in [0.717, 1.165) is 10.9 Å². The van der Waals surface area contributed by atoms with Gasteiger partial charge in [0.25, 0.3) is 0 Å². The van der Waals surface area contributed by atoms with Gasteiger partial charge < -0.3 is 5.32 Å². The highest BCUT2D eigenvalue weighted by molar-refractivity contribution is 9.11. The minimum Gasteiger partial charge on any atom is -0.333 e. The van der Waals surface area contributed by atoms with Gasteiger partial charge in [-0.3, -0.25) is 4.31 Å². The van der Waals surface area contributed by atoms with Gasteiger partial charge in [0.05, 0.1) is 6.54 Å². The Labute approximate surface area is 86.9 Å². The number of carbonyl (C=O) groups is 1. The first-order valence-electron chi connectivity index (χ1n) is 3.65. The van der Waals surface area contributed by atoms with E-state index in [0.29, 0.717) is 13.1 Å². The van der Waals surface area contributed by atoms with E-state index in [4.69, 9.17) is 0 Å². The molecule has 0 aromatic carbocycles. The Morgan fingerprint density at radius 1 is 1.75 bits per heavy atom. The first-order valence-corrected chi connectivity index (χ1v) is 4.84. The van der Waals surface area contributed by atoms with E-state index < -0.39 is 0 Å². The summed E-state index contributed by atoms with van der Waals surface area (Å²) in [5.74, 6) is 0. The zero-order valence-electron chi connectivity index (χ0n) is 7.01. The molecule has 0 aliphatic carbocycles. The molecule has 0 aromatic heterocycles. The van der Waals surface area contributed by atoms with Gasteiger partial charge in [0.2, 0.25) is 0 Å². The van der Waals surface area contributed by atoms with E-state index in [9.17, 15) is 4.79 Å². The van der Waals surface area contributed by atoms with Crippen molar-refractivity contribution in [3.8, 4) is 0 Å². The second-order valence-corrected chi connectivity index (χ2v) is 3.90. The molecule has 0 aliphatic heterocycles. The lowest BCUT2D eigenvalue weighted by Gasteiger charge is -2.14. The summed E-state index contributed by atoms with van der Waals surface area (Å²) in [5.41, 5.74) is 0. The van der Waals surface area contributed by atoms with Crippen LogP contribution in [0.3, 0.4) is 0 Å². The van der Waals surface area contributed by atoms with Crippen LogP contribution >= 0.6 is 28.7 Å². The second kappa shape index (κ2) is 6.37. The van der Waals surface area contributed by atoms with Gasteiger partial charge in [0, 0.05) is 11.0 Å². The highest BCUT2D eigenvalue weighted by Crippen LogP contribution is 1.99. The maximum atomic E-state index is 11.1. The molecule has 0 atom stereocenters. The monoisotopic (exact) mass is 252 g/mol. The molecule has 12 heavy (non-hydrogen) atoms. The maximum Gasteiger partial charge on any atom is 0.327 e. The van der Waals surface area contributed by atoms with Gasteiger partial charge in [0.15, 0.2) is 0 Å². The lowest BCUT2D eigenvalue weighted by molar-refractivity contribution is 0.227. The van der Waals surface area contributed by atoms with E-state index in [1.54, 1.807) is 0 Å². The molecule has 1 N–H and O–H groups in total.